The number of aliphatic hydroxyl groups excluding tert-OH is 1. The van der Waals surface area contributed by atoms with Crippen LogP contribution < -0.4 is 11.1 Å². The largest absolute Gasteiger partial charge is 0.390 e. The summed E-state index contributed by atoms with van der Waals surface area (Å²) in [7, 11) is 0. The number of benzene rings is 1. The topological polar surface area (TPSA) is 83.1 Å². The van der Waals surface area contributed by atoms with Crippen LogP contribution in [0.25, 0.3) is 0 Å². The highest BCUT2D eigenvalue weighted by Crippen LogP contribution is 2.25. The molecule has 4 N–H and O–H groups in total. The molecule has 0 amide bonds. The van der Waals surface area contributed by atoms with Gasteiger partial charge in [-0.1, -0.05) is 29.3 Å². The lowest BCUT2D eigenvalue weighted by Crippen LogP contribution is -2.42. The number of aliphatic imine (C=N–C) groups is 1. The Morgan fingerprint density at radius 2 is 2.12 bits per heavy atom. The van der Waals surface area contributed by atoms with Crippen LogP contribution in [0.1, 0.15) is 18.5 Å². The third-order valence-electron chi connectivity index (χ3n) is 3.84. The van der Waals surface area contributed by atoms with Gasteiger partial charge in [0, 0.05) is 29.7 Å². The second-order valence-corrected chi connectivity index (χ2v) is 6.67. The molecule has 1 fully saturated rings. The predicted molar refractivity (Wildman–Crippen MR) is 97.8 cm³/mol. The van der Waals surface area contributed by atoms with Gasteiger partial charge in [-0.3, -0.25) is 9.89 Å². The fourth-order valence-corrected chi connectivity index (χ4v) is 3.11. The lowest BCUT2D eigenvalue weighted by atomic mass is 10.1. The van der Waals surface area contributed by atoms with Crippen LogP contribution in [-0.2, 0) is 4.74 Å². The highest BCUT2D eigenvalue weighted by molar-refractivity contribution is 6.35. The molecule has 0 spiro atoms. The number of nitrogens with two attached hydrogens (primary N) is 1. The molecule has 0 aromatic heterocycles. The van der Waals surface area contributed by atoms with E-state index in [1.54, 1.807) is 12.1 Å². The number of hydrogen-bond donors (Lipinski definition) is 3. The molecule has 0 aliphatic carbocycles. The molecule has 1 aliphatic rings. The quantitative estimate of drug-likeness (QED) is 0.520. The van der Waals surface area contributed by atoms with Gasteiger partial charge in [0.1, 0.15) is 0 Å². The van der Waals surface area contributed by atoms with Crippen molar-refractivity contribution < 1.29 is 9.84 Å². The standard InChI is InChI=1S/C16H24Cl2N4O2/c1-11(14-3-2-12(17)8-15(14)18)21-16(19)20-9-13(23)10-22-4-6-24-7-5-22/h2-3,8,11,13,23H,4-7,9-10H2,1H3,(H3,19,20,21). The molecule has 1 aromatic carbocycles. The fourth-order valence-electron chi connectivity index (χ4n) is 2.54. The molecule has 1 heterocycles. The molecule has 6 nitrogen and oxygen atoms in total. The number of β-amino-alcohol motifs (C(OH)–C–C–N with tert-alkyl or cyclic N) is 1. The summed E-state index contributed by atoms with van der Waals surface area (Å²) in [4.78, 5) is 6.36. The second-order valence-electron chi connectivity index (χ2n) is 5.82. The van der Waals surface area contributed by atoms with E-state index in [-0.39, 0.29) is 18.5 Å². The van der Waals surface area contributed by atoms with Gasteiger partial charge in [-0.25, -0.2) is 0 Å². The highest BCUT2D eigenvalue weighted by Gasteiger charge is 2.15. The predicted octanol–water partition coefficient (Wildman–Crippen LogP) is 1.65. The summed E-state index contributed by atoms with van der Waals surface area (Å²) in [6.07, 6.45) is -0.558. The number of morpholine rings is 1. The molecule has 8 heteroatoms. The summed E-state index contributed by atoms with van der Waals surface area (Å²) in [6, 6.07) is 5.20. The van der Waals surface area contributed by atoms with Gasteiger partial charge >= 0.3 is 0 Å². The number of ether oxygens (including phenoxy) is 1. The summed E-state index contributed by atoms with van der Waals surface area (Å²) < 4.78 is 5.28. The molecule has 0 bridgehead atoms. The Bertz CT molecular complexity index is 565. The molecule has 1 saturated heterocycles. The number of nitrogens with zero attached hydrogens (tertiary/aromatic N) is 2. The van der Waals surface area contributed by atoms with Gasteiger partial charge in [-0.2, -0.15) is 0 Å². The monoisotopic (exact) mass is 374 g/mol. The average Bonchev–Trinajstić information content (AvgIpc) is 2.53. The summed E-state index contributed by atoms with van der Waals surface area (Å²) in [5.41, 5.74) is 6.78. The molecule has 1 aromatic rings. The van der Waals surface area contributed by atoms with E-state index in [4.69, 9.17) is 33.7 Å². The first-order valence-electron chi connectivity index (χ1n) is 7.95. The zero-order valence-electron chi connectivity index (χ0n) is 13.7. The summed E-state index contributed by atoms with van der Waals surface area (Å²) >= 11 is 12.1. The van der Waals surface area contributed by atoms with E-state index >= 15 is 0 Å². The Balaban J connectivity index is 1.81. The van der Waals surface area contributed by atoms with Crippen LogP contribution in [0.3, 0.4) is 0 Å². The third-order valence-corrected chi connectivity index (χ3v) is 4.40. The van der Waals surface area contributed by atoms with Crippen molar-refractivity contribution in [3.8, 4) is 0 Å². The number of rotatable bonds is 6. The number of nitrogens with one attached hydrogen (secondary N) is 1. The minimum absolute atomic E-state index is 0.116. The van der Waals surface area contributed by atoms with Crippen molar-refractivity contribution in [1.82, 2.24) is 10.2 Å². The van der Waals surface area contributed by atoms with E-state index in [9.17, 15) is 5.11 Å². The summed E-state index contributed by atoms with van der Waals surface area (Å²) in [5, 5.41) is 14.3. The lowest BCUT2D eigenvalue weighted by Gasteiger charge is -2.28. The van der Waals surface area contributed by atoms with E-state index in [1.807, 2.05) is 13.0 Å². The van der Waals surface area contributed by atoms with Crippen LogP contribution in [0, 0.1) is 0 Å². The zero-order chi connectivity index (χ0) is 17.5. The zero-order valence-corrected chi connectivity index (χ0v) is 15.2. The van der Waals surface area contributed by atoms with Gasteiger partial charge in [0.2, 0.25) is 0 Å². The summed E-state index contributed by atoms with van der Waals surface area (Å²) in [6.45, 7) is 5.83. The minimum atomic E-state index is -0.558. The third kappa shape index (κ3) is 6.11. The lowest BCUT2D eigenvalue weighted by molar-refractivity contribution is 0.0165. The van der Waals surface area contributed by atoms with E-state index in [0.717, 1.165) is 18.7 Å². The van der Waals surface area contributed by atoms with Crippen LogP contribution >= 0.6 is 23.2 Å². The van der Waals surface area contributed by atoms with Crippen LogP contribution in [0.15, 0.2) is 23.2 Å². The maximum Gasteiger partial charge on any atom is 0.189 e. The minimum Gasteiger partial charge on any atom is -0.390 e. The van der Waals surface area contributed by atoms with Crippen LogP contribution in [0.2, 0.25) is 10.0 Å². The maximum atomic E-state index is 10.1. The average molecular weight is 375 g/mol. The van der Waals surface area contributed by atoms with E-state index in [0.29, 0.717) is 29.8 Å². The Morgan fingerprint density at radius 1 is 1.42 bits per heavy atom. The van der Waals surface area contributed by atoms with Gasteiger partial charge in [-0.15, -0.1) is 0 Å². The van der Waals surface area contributed by atoms with Crippen molar-refractivity contribution >= 4 is 29.2 Å². The number of hydrogen-bond acceptors (Lipinski definition) is 4. The van der Waals surface area contributed by atoms with Crippen molar-refractivity contribution in [2.45, 2.75) is 19.1 Å². The van der Waals surface area contributed by atoms with Gasteiger partial charge in [-0.05, 0) is 24.6 Å². The summed E-state index contributed by atoms with van der Waals surface area (Å²) in [5.74, 6) is 0.273. The Morgan fingerprint density at radius 3 is 2.79 bits per heavy atom. The van der Waals surface area contributed by atoms with Gasteiger partial charge < -0.3 is 20.9 Å². The van der Waals surface area contributed by atoms with Crippen molar-refractivity contribution in [2.24, 2.45) is 10.7 Å². The first kappa shape index (κ1) is 19.3. The Labute approximate surface area is 152 Å². The molecule has 24 heavy (non-hydrogen) atoms. The number of aliphatic hydroxyl groups is 1. The molecule has 2 atom stereocenters. The van der Waals surface area contributed by atoms with E-state index in [1.165, 1.54) is 0 Å². The van der Waals surface area contributed by atoms with Gasteiger partial charge in [0.05, 0.1) is 31.9 Å². The molecule has 0 radical (unpaired) electrons. The van der Waals surface area contributed by atoms with Crippen molar-refractivity contribution in [1.29, 1.82) is 0 Å². The normalized spacial score (nSPS) is 19.1. The second kappa shape index (κ2) is 9.44. The molecular weight excluding hydrogens is 351 g/mol. The van der Waals surface area contributed by atoms with Crippen LogP contribution in [0.4, 0.5) is 0 Å². The first-order chi connectivity index (χ1) is 11.5. The number of halogens is 2. The molecule has 0 saturated carbocycles. The molecule has 2 unspecified atom stereocenters. The molecule has 2 rings (SSSR count). The molecular formula is C16H24Cl2N4O2. The van der Waals surface area contributed by atoms with Gasteiger partial charge in [0.25, 0.3) is 0 Å². The maximum absolute atomic E-state index is 10.1. The Hall–Kier alpha value is -1.05. The van der Waals surface area contributed by atoms with Crippen LogP contribution in [0.5, 0.6) is 0 Å². The van der Waals surface area contributed by atoms with Crippen molar-refractivity contribution in [2.75, 3.05) is 39.4 Å². The van der Waals surface area contributed by atoms with Crippen LogP contribution in [-0.4, -0.2) is 61.5 Å². The Kier molecular flexibility index (Phi) is 7.58. The molecule has 134 valence electrons. The van der Waals surface area contributed by atoms with E-state index in [2.05, 4.69) is 15.2 Å². The van der Waals surface area contributed by atoms with Gasteiger partial charge in [0.15, 0.2) is 5.96 Å². The number of guanidine groups is 1. The highest BCUT2D eigenvalue weighted by atomic mass is 35.5. The first-order valence-corrected chi connectivity index (χ1v) is 8.71. The molecule has 1 aliphatic heterocycles. The smallest absolute Gasteiger partial charge is 0.189 e. The SMILES string of the molecule is CC(NC(N)=NCC(O)CN1CCOCC1)c1ccc(Cl)cc1Cl. The van der Waals surface area contributed by atoms with Crippen molar-refractivity contribution in [3.63, 3.8) is 0 Å². The fraction of sp³-hybridized carbons (Fsp3) is 0.562. The van der Waals surface area contributed by atoms with Crippen molar-refractivity contribution in [3.05, 3.63) is 33.8 Å². The van der Waals surface area contributed by atoms with E-state index < -0.39 is 6.10 Å².